The standard InChI is InChI=1S/C19H18O3/c20-18(21)14-10-8-13(9-11-14)17-19(12-4-7-16(19)22-17)15-5-2-1-3-6-15/h1-3,5-6,8-11,16-17H,4,7,12H2,(H,20,21)/t16-,17-,19-/m1/s1. The highest BCUT2D eigenvalue weighted by molar-refractivity contribution is 5.87. The molecule has 1 saturated carbocycles. The first-order valence-electron chi connectivity index (χ1n) is 7.76. The molecule has 2 aromatic rings. The smallest absolute Gasteiger partial charge is 0.335 e. The Morgan fingerprint density at radius 1 is 1.09 bits per heavy atom. The predicted molar refractivity (Wildman–Crippen MR) is 83.0 cm³/mol. The summed E-state index contributed by atoms with van der Waals surface area (Å²) in [5.41, 5.74) is 2.80. The van der Waals surface area contributed by atoms with Crippen molar-refractivity contribution in [2.45, 2.75) is 36.9 Å². The maximum atomic E-state index is 11.0. The molecule has 2 aliphatic rings. The van der Waals surface area contributed by atoms with Crippen molar-refractivity contribution in [1.82, 2.24) is 0 Å². The van der Waals surface area contributed by atoms with Crippen LogP contribution in [0.15, 0.2) is 54.6 Å². The Morgan fingerprint density at radius 3 is 2.45 bits per heavy atom. The van der Waals surface area contributed by atoms with E-state index < -0.39 is 5.97 Å². The summed E-state index contributed by atoms with van der Waals surface area (Å²) in [6.45, 7) is 0. The Labute approximate surface area is 129 Å². The van der Waals surface area contributed by atoms with E-state index in [9.17, 15) is 4.79 Å². The van der Waals surface area contributed by atoms with E-state index in [4.69, 9.17) is 9.84 Å². The van der Waals surface area contributed by atoms with Crippen molar-refractivity contribution in [2.75, 3.05) is 0 Å². The van der Waals surface area contributed by atoms with E-state index in [2.05, 4.69) is 24.3 Å². The number of carboxylic acid groups (broad SMARTS) is 1. The van der Waals surface area contributed by atoms with E-state index in [1.165, 1.54) is 12.0 Å². The van der Waals surface area contributed by atoms with Crippen LogP contribution in [0, 0.1) is 0 Å². The first-order chi connectivity index (χ1) is 10.7. The first kappa shape index (κ1) is 13.5. The van der Waals surface area contributed by atoms with Gasteiger partial charge in [-0.3, -0.25) is 0 Å². The second-order valence-electron chi connectivity index (χ2n) is 6.23. The third-order valence-corrected chi connectivity index (χ3v) is 5.17. The van der Waals surface area contributed by atoms with Crippen LogP contribution < -0.4 is 0 Å². The largest absolute Gasteiger partial charge is 0.478 e. The average Bonchev–Trinajstić information content (AvgIpc) is 2.86. The van der Waals surface area contributed by atoms with Gasteiger partial charge in [-0.05, 0) is 42.5 Å². The van der Waals surface area contributed by atoms with E-state index in [0.29, 0.717) is 11.7 Å². The van der Waals surface area contributed by atoms with Gasteiger partial charge in [0.1, 0.15) is 0 Å². The molecule has 0 amide bonds. The Balaban J connectivity index is 1.72. The molecule has 2 aromatic carbocycles. The summed E-state index contributed by atoms with van der Waals surface area (Å²) in [5, 5.41) is 9.03. The van der Waals surface area contributed by atoms with E-state index in [-0.39, 0.29) is 11.5 Å². The molecular formula is C19H18O3. The summed E-state index contributed by atoms with van der Waals surface area (Å²) < 4.78 is 6.16. The second-order valence-corrected chi connectivity index (χ2v) is 6.23. The molecular weight excluding hydrogens is 276 g/mol. The van der Waals surface area contributed by atoms with Crippen molar-refractivity contribution in [1.29, 1.82) is 0 Å². The van der Waals surface area contributed by atoms with Gasteiger partial charge in [0.2, 0.25) is 0 Å². The van der Waals surface area contributed by atoms with Crippen LogP contribution in [-0.2, 0) is 10.2 Å². The summed E-state index contributed by atoms with van der Waals surface area (Å²) in [5.74, 6) is -0.891. The molecule has 1 aliphatic heterocycles. The number of aromatic carboxylic acids is 1. The molecule has 2 fully saturated rings. The molecule has 3 atom stereocenters. The lowest BCUT2D eigenvalue weighted by atomic mass is 9.66. The lowest BCUT2D eigenvalue weighted by Gasteiger charge is -2.53. The van der Waals surface area contributed by atoms with Gasteiger partial charge in [-0.15, -0.1) is 0 Å². The molecule has 0 bridgehead atoms. The molecule has 0 unspecified atom stereocenters. The zero-order valence-electron chi connectivity index (χ0n) is 12.2. The van der Waals surface area contributed by atoms with E-state index in [0.717, 1.165) is 18.4 Å². The third kappa shape index (κ3) is 1.82. The SMILES string of the molecule is O=C(O)c1ccc([C@H]2O[C@@H]3CCC[C@]23c2ccccc2)cc1. The maximum Gasteiger partial charge on any atom is 0.335 e. The molecule has 4 rings (SSSR count). The Hall–Kier alpha value is -2.13. The van der Waals surface area contributed by atoms with Gasteiger partial charge in [0.25, 0.3) is 0 Å². The normalized spacial score (nSPS) is 29.6. The highest BCUT2D eigenvalue weighted by Gasteiger charge is 2.60. The van der Waals surface area contributed by atoms with Gasteiger partial charge in [-0.25, -0.2) is 4.79 Å². The number of carbonyl (C=O) groups is 1. The van der Waals surface area contributed by atoms with Gasteiger partial charge >= 0.3 is 5.97 Å². The molecule has 1 heterocycles. The van der Waals surface area contributed by atoms with E-state index in [1.807, 2.05) is 18.2 Å². The van der Waals surface area contributed by atoms with Gasteiger partial charge in [0, 0.05) is 0 Å². The number of benzene rings is 2. The van der Waals surface area contributed by atoms with Crippen molar-refractivity contribution in [3.05, 3.63) is 71.3 Å². The number of hydrogen-bond donors (Lipinski definition) is 1. The van der Waals surface area contributed by atoms with Crippen LogP contribution in [0.25, 0.3) is 0 Å². The summed E-state index contributed by atoms with van der Waals surface area (Å²) in [6.07, 6.45) is 3.75. The molecule has 112 valence electrons. The molecule has 0 spiro atoms. The van der Waals surface area contributed by atoms with Crippen LogP contribution in [-0.4, -0.2) is 17.2 Å². The van der Waals surface area contributed by atoms with Crippen molar-refractivity contribution in [2.24, 2.45) is 0 Å². The lowest BCUT2D eigenvalue weighted by molar-refractivity contribution is -0.194. The van der Waals surface area contributed by atoms with E-state index in [1.54, 1.807) is 12.1 Å². The van der Waals surface area contributed by atoms with Crippen molar-refractivity contribution in [3.8, 4) is 0 Å². The minimum atomic E-state index is -0.891. The molecule has 1 N–H and O–H groups in total. The average molecular weight is 294 g/mol. The van der Waals surface area contributed by atoms with Gasteiger partial charge < -0.3 is 9.84 Å². The first-order valence-corrected chi connectivity index (χ1v) is 7.76. The molecule has 1 saturated heterocycles. The van der Waals surface area contributed by atoms with Gasteiger partial charge in [-0.1, -0.05) is 42.5 Å². The number of fused-ring (bicyclic) bond motifs is 1. The van der Waals surface area contributed by atoms with Gasteiger partial charge in [-0.2, -0.15) is 0 Å². The minimum Gasteiger partial charge on any atom is -0.478 e. The van der Waals surface area contributed by atoms with E-state index >= 15 is 0 Å². The predicted octanol–water partition coefficient (Wildman–Crippen LogP) is 3.95. The quantitative estimate of drug-likeness (QED) is 0.932. The van der Waals surface area contributed by atoms with Crippen molar-refractivity contribution >= 4 is 5.97 Å². The van der Waals surface area contributed by atoms with Crippen LogP contribution >= 0.6 is 0 Å². The number of rotatable bonds is 3. The van der Waals surface area contributed by atoms with Crippen LogP contribution in [0.5, 0.6) is 0 Å². The number of hydrogen-bond acceptors (Lipinski definition) is 2. The number of ether oxygens (including phenoxy) is 1. The highest BCUT2D eigenvalue weighted by Crippen LogP contribution is 2.60. The molecule has 22 heavy (non-hydrogen) atoms. The van der Waals surface area contributed by atoms with Crippen LogP contribution in [0.4, 0.5) is 0 Å². The van der Waals surface area contributed by atoms with Crippen LogP contribution in [0.1, 0.15) is 46.9 Å². The Kier molecular flexibility index (Phi) is 3.05. The molecule has 0 aromatic heterocycles. The Bertz CT molecular complexity index is 692. The topological polar surface area (TPSA) is 46.5 Å². The zero-order chi connectivity index (χ0) is 15.2. The van der Waals surface area contributed by atoms with Gasteiger partial charge in [0.05, 0.1) is 23.2 Å². The van der Waals surface area contributed by atoms with Crippen LogP contribution in [0.3, 0.4) is 0 Å². The molecule has 1 aliphatic carbocycles. The fourth-order valence-corrected chi connectivity index (χ4v) is 4.11. The minimum absolute atomic E-state index is 0.0326. The summed E-state index contributed by atoms with van der Waals surface area (Å²) in [7, 11) is 0. The molecule has 3 heteroatoms. The summed E-state index contributed by atoms with van der Waals surface area (Å²) in [4.78, 5) is 11.0. The van der Waals surface area contributed by atoms with Gasteiger partial charge in [0.15, 0.2) is 0 Å². The molecule has 3 nitrogen and oxygen atoms in total. The van der Waals surface area contributed by atoms with Crippen molar-refractivity contribution in [3.63, 3.8) is 0 Å². The lowest BCUT2D eigenvalue weighted by Crippen LogP contribution is -2.54. The van der Waals surface area contributed by atoms with Crippen LogP contribution in [0.2, 0.25) is 0 Å². The third-order valence-electron chi connectivity index (χ3n) is 5.17. The Morgan fingerprint density at radius 2 is 1.82 bits per heavy atom. The maximum absolute atomic E-state index is 11.0. The monoisotopic (exact) mass is 294 g/mol. The van der Waals surface area contributed by atoms with Crippen molar-refractivity contribution < 1.29 is 14.6 Å². The molecule has 0 radical (unpaired) electrons. The fraction of sp³-hybridized carbons (Fsp3) is 0.316. The zero-order valence-corrected chi connectivity index (χ0v) is 12.2. The fourth-order valence-electron chi connectivity index (χ4n) is 4.11. The highest BCUT2D eigenvalue weighted by atomic mass is 16.5. The number of carboxylic acids is 1. The summed E-state index contributed by atoms with van der Waals surface area (Å²) in [6, 6.07) is 17.7. The second kappa shape index (κ2) is 4.96. The summed E-state index contributed by atoms with van der Waals surface area (Å²) >= 11 is 0.